The number of pyridine rings is 1. The lowest BCUT2D eigenvalue weighted by Crippen LogP contribution is -2.12. The molecule has 0 amide bonds. The Morgan fingerprint density at radius 1 is 1.12 bits per heavy atom. The van der Waals surface area contributed by atoms with E-state index >= 15 is 0 Å². The molecule has 24 heavy (non-hydrogen) atoms. The molecule has 0 aliphatic carbocycles. The number of aryl methyl sites for hydroxylation is 1. The van der Waals surface area contributed by atoms with Crippen molar-refractivity contribution in [2.45, 2.75) is 20.4 Å². The van der Waals surface area contributed by atoms with Crippen molar-refractivity contribution in [3.05, 3.63) is 60.1 Å². The van der Waals surface area contributed by atoms with Gasteiger partial charge in [0.05, 0.1) is 6.20 Å². The van der Waals surface area contributed by atoms with Gasteiger partial charge < -0.3 is 5.32 Å². The van der Waals surface area contributed by atoms with E-state index in [1.165, 1.54) is 6.33 Å². The maximum Gasteiger partial charge on any atom is 0.160 e. The molecule has 0 aromatic carbocycles. The minimum Gasteiger partial charge on any atom is -0.365 e. The highest BCUT2D eigenvalue weighted by molar-refractivity contribution is 5.55. The summed E-state index contributed by atoms with van der Waals surface area (Å²) in [5, 5.41) is 12.0. The summed E-state index contributed by atoms with van der Waals surface area (Å²) in [5.74, 6) is 1.68. The molecule has 0 unspecified atom stereocenters. The van der Waals surface area contributed by atoms with Crippen molar-refractivity contribution in [2.75, 3.05) is 5.32 Å². The van der Waals surface area contributed by atoms with Crippen LogP contribution in [0.3, 0.4) is 0 Å². The number of anilines is 1. The Bertz CT molecular complexity index is 987. The summed E-state index contributed by atoms with van der Waals surface area (Å²) in [6.07, 6.45) is 6.63. The molecule has 0 spiro atoms. The molecule has 0 saturated carbocycles. The van der Waals surface area contributed by atoms with Gasteiger partial charge in [0.25, 0.3) is 0 Å². The second kappa shape index (κ2) is 5.73. The molecular formula is C16H16N8. The first-order chi connectivity index (χ1) is 11.7. The van der Waals surface area contributed by atoms with Crippen LogP contribution in [0.15, 0.2) is 43.2 Å². The summed E-state index contributed by atoms with van der Waals surface area (Å²) < 4.78 is 3.47. The van der Waals surface area contributed by atoms with Gasteiger partial charge in [-0.2, -0.15) is 14.7 Å². The summed E-state index contributed by atoms with van der Waals surface area (Å²) in [4.78, 5) is 12.9. The molecule has 8 heteroatoms. The minimum atomic E-state index is 0.586. The Balaban J connectivity index is 1.70. The van der Waals surface area contributed by atoms with E-state index < -0.39 is 0 Å². The second-order valence-electron chi connectivity index (χ2n) is 5.45. The molecule has 120 valence electrons. The maximum absolute atomic E-state index is 4.53. The number of fused-ring (bicyclic) bond motifs is 1. The fraction of sp³-hybridized carbons (Fsp3) is 0.188. The van der Waals surface area contributed by atoms with Crippen molar-refractivity contribution in [2.24, 2.45) is 0 Å². The van der Waals surface area contributed by atoms with Crippen LogP contribution in [0, 0.1) is 13.8 Å². The number of nitrogens with zero attached hydrogens (tertiary/aromatic N) is 7. The highest BCUT2D eigenvalue weighted by Crippen LogP contribution is 2.20. The van der Waals surface area contributed by atoms with Crippen LogP contribution >= 0.6 is 0 Å². The predicted molar refractivity (Wildman–Crippen MR) is 88.9 cm³/mol. The van der Waals surface area contributed by atoms with Gasteiger partial charge in [-0.1, -0.05) is 6.07 Å². The first kappa shape index (κ1) is 14.3. The van der Waals surface area contributed by atoms with E-state index in [-0.39, 0.29) is 0 Å². The average Bonchev–Trinajstić information content (AvgIpc) is 3.27. The van der Waals surface area contributed by atoms with Crippen molar-refractivity contribution >= 4 is 11.5 Å². The molecular weight excluding hydrogens is 304 g/mol. The Labute approximate surface area is 138 Å². The van der Waals surface area contributed by atoms with Gasteiger partial charge >= 0.3 is 0 Å². The lowest BCUT2D eigenvalue weighted by atomic mass is 10.2. The molecule has 4 aromatic rings. The number of nitrogens with one attached hydrogen (secondary N) is 1. The molecule has 0 aliphatic heterocycles. The van der Waals surface area contributed by atoms with Crippen molar-refractivity contribution < 1.29 is 0 Å². The molecule has 0 bridgehead atoms. The van der Waals surface area contributed by atoms with Crippen LogP contribution in [-0.2, 0) is 6.54 Å². The molecule has 4 heterocycles. The van der Waals surface area contributed by atoms with Crippen molar-refractivity contribution in [1.82, 2.24) is 34.3 Å². The first-order valence-corrected chi connectivity index (χ1v) is 7.58. The fourth-order valence-electron chi connectivity index (χ4n) is 2.62. The van der Waals surface area contributed by atoms with E-state index in [0.717, 1.165) is 34.1 Å². The predicted octanol–water partition coefficient (Wildman–Crippen LogP) is 1.93. The van der Waals surface area contributed by atoms with Gasteiger partial charge in [-0.25, -0.2) is 19.6 Å². The summed E-state index contributed by atoms with van der Waals surface area (Å²) in [7, 11) is 0. The van der Waals surface area contributed by atoms with Crippen LogP contribution < -0.4 is 5.32 Å². The van der Waals surface area contributed by atoms with Crippen LogP contribution in [0.1, 0.15) is 16.8 Å². The van der Waals surface area contributed by atoms with E-state index in [9.17, 15) is 0 Å². The summed E-state index contributed by atoms with van der Waals surface area (Å²) in [5.41, 5.74) is 3.88. The van der Waals surface area contributed by atoms with Gasteiger partial charge in [-0.3, -0.25) is 0 Å². The Kier molecular flexibility index (Phi) is 3.42. The highest BCUT2D eigenvalue weighted by Gasteiger charge is 2.12. The molecule has 0 atom stereocenters. The standard InChI is InChI=1S/C16H16N8/c1-11-12(2)22-14-5-7-20-24(14)15(11)19-8-13-4-3-6-18-16(13)23-10-17-9-21-23/h3-7,9-10,19H,8H2,1-2H3. The lowest BCUT2D eigenvalue weighted by molar-refractivity contribution is 0.824. The number of hydrogen-bond donors (Lipinski definition) is 1. The maximum atomic E-state index is 4.53. The molecule has 0 saturated heterocycles. The number of rotatable bonds is 4. The monoisotopic (exact) mass is 320 g/mol. The van der Waals surface area contributed by atoms with Crippen molar-refractivity contribution in [3.8, 4) is 5.82 Å². The van der Waals surface area contributed by atoms with E-state index in [1.54, 1.807) is 23.4 Å². The van der Waals surface area contributed by atoms with Gasteiger partial charge in [0.1, 0.15) is 18.5 Å². The van der Waals surface area contributed by atoms with E-state index in [1.807, 2.05) is 36.6 Å². The Morgan fingerprint density at radius 3 is 2.88 bits per heavy atom. The van der Waals surface area contributed by atoms with Gasteiger partial charge in [-0.15, -0.1) is 0 Å². The number of aromatic nitrogens is 7. The summed E-state index contributed by atoms with van der Waals surface area (Å²) >= 11 is 0. The number of hydrogen-bond acceptors (Lipinski definition) is 6. The molecule has 4 rings (SSSR count). The molecule has 4 aromatic heterocycles. The molecule has 1 N–H and O–H groups in total. The van der Waals surface area contributed by atoms with Crippen LogP contribution in [-0.4, -0.2) is 34.3 Å². The molecule has 8 nitrogen and oxygen atoms in total. The Hall–Kier alpha value is -3.29. The average molecular weight is 320 g/mol. The van der Waals surface area contributed by atoms with Crippen LogP contribution in [0.25, 0.3) is 11.5 Å². The van der Waals surface area contributed by atoms with Crippen molar-refractivity contribution in [3.63, 3.8) is 0 Å². The zero-order valence-electron chi connectivity index (χ0n) is 13.4. The van der Waals surface area contributed by atoms with Crippen LogP contribution in [0.4, 0.5) is 5.82 Å². The third-order valence-electron chi connectivity index (χ3n) is 3.96. The van der Waals surface area contributed by atoms with Crippen LogP contribution in [0.5, 0.6) is 0 Å². The SMILES string of the molecule is Cc1nc2ccnn2c(NCc2cccnc2-n2cncn2)c1C. The smallest absolute Gasteiger partial charge is 0.160 e. The quantitative estimate of drug-likeness (QED) is 0.618. The minimum absolute atomic E-state index is 0.586. The molecule has 0 fully saturated rings. The van der Waals surface area contributed by atoms with Gasteiger partial charge in [-0.05, 0) is 19.9 Å². The topological polar surface area (TPSA) is 85.8 Å². The summed E-state index contributed by atoms with van der Waals surface area (Å²) in [6.45, 7) is 4.62. The van der Waals surface area contributed by atoms with Gasteiger partial charge in [0.2, 0.25) is 0 Å². The van der Waals surface area contributed by atoms with E-state index in [2.05, 4.69) is 30.5 Å². The van der Waals surface area contributed by atoms with Gasteiger partial charge in [0.15, 0.2) is 11.5 Å². The van der Waals surface area contributed by atoms with Gasteiger partial charge in [0, 0.05) is 35.6 Å². The third kappa shape index (κ3) is 2.37. The zero-order chi connectivity index (χ0) is 16.5. The normalized spacial score (nSPS) is 11.1. The molecule has 0 radical (unpaired) electrons. The third-order valence-corrected chi connectivity index (χ3v) is 3.96. The summed E-state index contributed by atoms with van der Waals surface area (Å²) in [6, 6.07) is 5.81. The first-order valence-electron chi connectivity index (χ1n) is 7.58. The lowest BCUT2D eigenvalue weighted by Gasteiger charge is -2.14. The zero-order valence-corrected chi connectivity index (χ0v) is 13.4. The second-order valence-corrected chi connectivity index (χ2v) is 5.45. The fourth-order valence-corrected chi connectivity index (χ4v) is 2.62. The molecule has 0 aliphatic rings. The largest absolute Gasteiger partial charge is 0.365 e. The van der Waals surface area contributed by atoms with Crippen molar-refractivity contribution in [1.29, 1.82) is 0 Å². The van der Waals surface area contributed by atoms with E-state index in [4.69, 9.17) is 0 Å². The van der Waals surface area contributed by atoms with Crippen LogP contribution in [0.2, 0.25) is 0 Å². The van der Waals surface area contributed by atoms with E-state index in [0.29, 0.717) is 6.54 Å². The highest BCUT2D eigenvalue weighted by atomic mass is 15.3. The Morgan fingerprint density at radius 2 is 2.04 bits per heavy atom.